The molecule has 78 valence electrons. The first kappa shape index (κ1) is 11.0. The summed E-state index contributed by atoms with van der Waals surface area (Å²) in [6.45, 7) is 0. The van der Waals surface area contributed by atoms with Crippen LogP contribution >= 0.6 is 0 Å². The van der Waals surface area contributed by atoms with E-state index in [1.54, 1.807) is 24.3 Å². The lowest BCUT2D eigenvalue weighted by Crippen LogP contribution is -2.24. The van der Waals surface area contributed by atoms with Gasteiger partial charge in [0.25, 0.3) is 5.91 Å². The Morgan fingerprint density at radius 2 is 1.87 bits per heavy atom. The fourth-order valence-electron chi connectivity index (χ4n) is 1.08. The molecule has 0 aliphatic rings. The second-order valence-electron chi connectivity index (χ2n) is 2.85. The number of hydrogen-bond acceptors (Lipinski definition) is 2. The maximum atomic E-state index is 11.2. The van der Waals surface area contributed by atoms with Crippen molar-refractivity contribution in [3.05, 3.63) is 41.5 Å². The summed E-state index contributed by atoms with van der Waals surface area (Å²) < 4.78 is 0. The summed E-state index contributed by atoms with van der Waals surface area (Å²) in [5.74, 6) is -1.84. The number of likely N-dealkylation sites (N-methyl/N-ethyl adjacent to an activating group) is 1. The maximum absolute atomic E-state index is 11.2. The van der Waals surface area contributed by atoms with E-state index < -0.39 is 11.9 Å². The van der Waals surface area contributed by atoms with Gasteiger partial charge in [-0.25, -0.2) is 4.79 Å². The van der Waals surface area contributed by atoms with Crippen LogP contribution in [0.25, 0.3) is 6.08 Å². The van der Waals surface area contributed by atoms with E-state index in [1.807, 2.05) is 6.07 Å². The van der Waals surface area contributed by atoms with Gasteiger partial charge in [-0.05, 0) is 11.6 Å². The maximum Gasteiger partial charge on any atom is 0.341 e. The van der Waals surface area contributed by atoms with Crippen LogP contribution in [0.2, 0.25) is 0 Å². The quantitative estimate of drug-likeness (QED) is 0.437. The predicted octanol–water partition coefficient (Wildman–Crippen LogP) is 0.901. The van der Waals surface area contributed by atoms with Crippen molar-refractivity contribution in [1.82, 2.24) is 5.32 Å². The fourth-order valence-corrected chi connectivity index (χ4v) is 1.08. The topological polar surface area (TPSA) is 66.4 Å². The van der Waals surface area contributed by atoms with Gasteiger partial charge in [-0.3, -0.25) is 4.79 Å². The van der Waals surface area contributed by atoms with Crippen molar-refractivity contribution in [1.29, 1.82) is 0 Å². The highest BCUT2D eigenvalue weighted by Gasteiger charge is 2.15. The van der Waals surface area contributed by atoms with Crippen LogP contribution in [0.5, 0.6) is 0 Å². The van der Waals surface area contributed by atoms with Crippen LogP contribution < -0.4 is 5.32 Å². The number of hydrogen-bond donors (Lipinski definition) is 2. The molecular weight excluding hydrogens is 194 g/mol. The van der Waals surface area contributed by atoms with Crippen molar-refractivity contribution in [3.63, 3.8) is 0 Å². The lowest BCUT2D eigenvalue weighted by atomic mass is 10.1. The van der Waals surface area contributed by atoms with Gasteiger partial charge in [0.05, 0.1) is 0 Å². The number of amides is 1. The first-order valence-corrected chi connectivity index (χ1v) is 4.37. The number of carbonyl (C=O) groups is 2. The van der Waals surface area contributed by atoms with E-state index in [1.165, 1.54) is 13.1 Å². The van der Waals surface area contributed by atoms with Gasteiger partial charge in [0.1, 0.15) is 5.57 Å². The highest BCUT2D eigenvalue weighted by molar-refractivity contribution is 6.19. The van der Waals surface area contributed by atoms with E-state index in [0.29, 0.717) is 5.56 Å². The minimum Gasteiger partial charge on any atom is -0.477 e. The Morgan fingerprint density at radius 1 is 1.27 bits per heavy atom. The van der Waals surface area contributed by atoms with E-state index in [4.69, 9.17) is 5.11 Å². The second kappa shape index (κ2) is 4.95. The first-order valence-electron chi connectivity index (χ1n) is 4.37. The van der Waals surface area contributed by atoms with Crippen LogP contribution in [0.4, 0.5) is 0 Å². The predicted molar refractivity (Wildman–Crippen MR) is 56.1 cm³/mol. The molecule has 0 aliphatic carbocycles. The monoisotopic (exact) mass is 205 g/mol. The Hall–Kier alpha value is -2.10. The summed E-state index contributed by atoms with van der Waals surface area (Å²) in [6, 6.07) is 8.82. The zero-order chi connectivity index (χ0) is 11.3. The Labute approximate surface area is 87.2 Å². The van der Waals surface area contributed by atoms with Gasteiger partial charge in [0, 0.05) is 7.05 Å². The smallest absolute Gasteiger partial charge is 0.341 e. The zero-order valence-corrected chi connectivity index (χ0v) is 8.23. The third kappa shape index (κ3) is 2.95. The highest BCUT2D eigenvalue weighted by atomic mass is 16.4. The molecule has 0 atom stereocenters. The average Bonchev–Trinajstić information content (AvgIpc) is 2.26. The molecule has 0 aromatic heterocycles. The van der Waals surface area contributed by atoms with Gasteiger partial charge in [-0.15, -0.1) is 0 Å². The van der Waals surface area contributed by atoms with Crippen molar-refractivity contribution >= 4 is 18.0 Å². The molecule has 1 aromatic carbocycles. The number of nitrogens with one attached hydrogen (secondary N) is 1. The molecule has 0 aliphatic heterocycles. The van der Waals surface area contributed by atoms with E-state index >= 15 is 0 Å². The number of rotatable bonds is 3. The van der Waals surface area contributed by atoms with Gasteiger partial charge >= 0.3 is 5.97 Å². The molecule has 0 heterocycles. The minimum absolute atomic E-state index is 0.274. The SMILES string of the molecule is CNC(=O)C(=Cc1ccccc1)C(=O)O. The fraction of sp³-hybridized carbons (Fsp3) is 0.0909. The zero-order valence-electron chi connectivity index (χ0n) is 8.23. The molecule has 1 rings (SSSR count). The third-order valence-electron chi connectivity index (χ3n) is 1.81. The van der Waals surface area contributed by atoms with Gasteiger partial charge in [0.15, 0.2) is 0 Å². The molecule has 0 radical (unpaired) electrons. The lowest BCUT2D eigenvalue weighted by Gasteiger charge is -2.00. The van der Waals surface area contributed by atoms with Crippen LogP contribution in [0.3, 0.4) is 0 Å². The molecular formula is C11H11NO3. The molecule has 0 spiro atoms. The molecule has 15 heavy (non-hydrogen) atoms. The average molecular weight is 205 g/mol. The van der Waals surface area contributed by atoms with Gasteiger partial charge in [-0.2, -0.15) is 0 Å². The molecule has 1 amide bonds. The Morgan fingerprint density at radius 3 is 2.33 bits per heavy atom. The van der Waals surface area contributed by atoms with Gasteiger partial charge in [0.2, 0.25) is 0 Å². The molecule has 0 unspecified atom stereocenters. The molecule has 4 nitrogen and oxygen atoms in total. The Bertz CT molecular complexity index is 396. The normalized spacial score (nSPS) is 10.9. The molecule has 0 bridgehead atoms. The van der Waals surface area contributed by atoms with E-state index in [0.717, 1.165) is 0 Å². The summed E-state index contributed by atoms with van der Waals surface area (Å²) in [7, 11) is 1.39. The number of aliphatic carboxylic acids is 1. The van der Waals surface area contributed by atoms with E-state index in [2.05, 4.69) is 5.32 Å². The van der Waals surface area contributed by atoms with Crippen molar-refractivity contribution in [2.24, 2.45) is 0 Å². The van der Waals surface area contributed by atoms with E-state index in [-0.39, 0.29) is 5.57 Å². The molecule has 2 N–H and O–H groups in total. The van der Waals surface area contributed by atoms with Crippen LogP contribution in [-0.4, -0.2) is 24.0 Å². The van der Waals surface area contributed by atoms with E-state index in [9.17, 15) is 9.59 Å². The number of benzene rings is 1. The van der Waals surface area contributed by atoms with Crippen LogP contribution in [0.15, 0.2) is 35.9 Å². The summed E-state index contributed by atoms with van der Waals surface area (Å²) in [4.78, 5) is 22.0. The standard InChI is InChI=1S/C11H11NO3/c1-12-10(13)9(11(14)15)7-8-5-3-2-4-6-8/h2-7H,1H3,(H,12,13)(H,14,15). The lowest BCUT2D eigenvalue weighted by molar-refractivity contribution is -0.134. The highest BCUT2D eigenvalue weighted by Crippen LogP contribution is 2.06. The van der Waals surface area contributed by atoms with Crippen molar-refractivity contribution in [2.45, 2.75) is 0 Å². The summed E-state index contributed by atoms with van der Waals surface area (Å²) in [6.07, 6.45) is 1.33. The third-order valence-corrected chi connectivity index (χ3v) is 1.81. The summed E-state index contributed by atoms with van der Waals surface area (Å²) >= 11 is 0. The van der Waals surface area contributed by atoms with Gasteiger partial charge in [-0.1, -0.05) is 30.3 Å². The summed E-state index contributed by atoms with van der Waals surface area (Å²) in [5.41, 5.74) is 0.405. The largest absolute Gasteiger partial charge is 0.477 e. The van der Waals surface area contributed by atoms with Crippen molar-refractivity contribution in [3.8, 4) is 0 Å². The number of carboxylic acid groups (broad SMARTS) is 1. The van der Waals surface area contributed by atoms with Crippen LogP contribution in [-0.2, 0) is 9.59 Å². The number of carboxylic acids is 1. The van der Waals surface area contributed by atoms with Crippen molar-refractivity contribution in [2.75, 3.05) is 7.05 Å². The molecule has 4 heteroatoms. The Kier molecular flexibility index (Phi) is 3.62. The van der Waals surface area contributed by atoms with Crippen LogP contribution in [0, 0.1) is 0 Å². The summed E-state index contributed by atoms with van der Waals surface area (Å²) in [5, 5.41) is 11.1. The van der Waals surface area contributed by atoms with Gasteiger partial charge < -0.3 is 10.4 Å². The number of carbonyl (C=O) groups excluding carboxylic acids is 1. The molecule has 1 aromatic rings. The van der Waals surface area contributed by atoms with Crippen molar-refractivity contribution < 1.29 is 14.7 Å². The second-order valence-corrected chi connectivity index (χ2v) is 2.85. The first-order chi connectivity index (χ1) is 7.15. The molecule has 0 saturated carbocycles. The minimum atomic E-state index is -1.24. The Balaban J connectivity index is 3.05. The molecule has 0 fully saturated rings. The van der Waals surface area contributed by atoms with Crippen LogP contribution in [0.1, 0.15) is 5.56 Å². The molecule has 0 saturated heterocycles.